The van der Waals surface area contributed by atoms with Gasteiger partial charge in [0.05, 0.1) is 6.04 Å². The van der Waals surface area contributed by atoms with E-state index in [0.29, 0.717) is 0 Å². The second-order valence-corrected chi connectivity index (χ2v) is 1.42. The highest BCUT2D eigenvalue weighted by molar-refractivity contribution is 4.87. The third-order valence-corrected chi connectivity index (χ3v) is 0.804. The molecular formula is C4H6N6. The molecule has 0 aromatic carbocycles. The van der Waals surface area contributed by atoms with E-state index in [-0.39, 0.29) is 6.54 Å². The van der Waals surface area contributed by atoms with E-state index in [9.17, 15) is 0 Å². The zero-order valence-electron chi connectivity index (χ0n) is 5.25. The maximum atomic E-state index is 7.94. The summed E-state index contributed by atoms with van der Waals surface area (Å²) < 4.78 is 0. The minimum absolute atomic E-state index is 0.129. The quantitative estimate of drug-likeness (QED) is 0.246. The number of hydrogen-bond acceptors (Lipinski definition) is 2. The molecule has 1 unspecified atom stereocenters. The molecule has 1 atom stereocenters. The van der Waals surface area contributed by atoms with Gasteiger partial charge in [-0.05, 0) is 11.1 Å². The van der Waals surface area contributed by atoms with E-state index < -0.39 is 6.04 Å². The molecule has 0 heterocycles. The van der Waals surface area contributed by atoms with Gasteiger partial charge in [-0.25, -0.2) is 0 Å². The van der Waals surface area contributed by atoms with Crippen molar-refractivity contribution in [2.45, 2.75) is 6.04 Å². The lowest BCUT2D eigenvalue weighted by Gasteiger charge is -1.95. The van der Waals surface area contributed by atoms with Crippen LogP contribution < -0.4 is 0 Å². The lowest BCUT2D eigenvalue weighted by Crippen LogP contribution is -2.01. The van der Waals surface area contributed by atoms with Gasteiger partial charge in [0.15, 0.2) is 0 Å². The van der Waals surface area contributed by atoms with E-state index in [4.69, 9.17) is 11.1 Å². The van der Waals surface area contributed by atoms with Crippen molar-refractivity contribution < 1.29 is 0 Å². The zero-order valence-corrected chi connectivity index (χ0v) is 5.25. The number of azide groups is 2. The molecule has 10 heavy (non-hydrogen) atoms. The molecule has 0 aliphatic rings. The first-order valence-corrected chi connectivity index (χ1v) is 2.52. The molecule has 0 radical (unpaired) electrons. The van der Waals surface area contributed by atoms with Gasteiger partial charge in [-0.3, -0.25) is 0 Å². The van der Waals surface area contributed by atoms with Crippen molar-refractivity contribution in [3.8, 4) is 0 Å². The number of hydrogen-bond donors (Lipinski definition) is 0. The molecule has 0 aromatic heterocycles. The normalized spacial score (nSPS) is 10.4. The summed E-state index contributed by atoms with van der Waals surface area (Å²) in [6.07, 6.45) is 1.42. The minimum atomic E-state index is -0.430. The molecule has 0 saturated heterocycles. The molecule has 0 aliphatic heterocycles. The van der Waals surface area contributed by atoms with Crippen LogP contribution in [0.15, 0.2) is 22.9 Å². The van der Waals surface area contributed by atoms with Crippen LogP contribution in [0.25, 0.3) is 20.9 Å². The predicted molar refractivity (Wildman–Crippen MR) is 37.1 cm³/mol. The first kappa shape index (κ1) is 8.36. The monoisotopic (exact) mass is 138 g/mol. The van der Waals surface area contributed by atoms with Crippen molar-refractivity contribution in [1.82, 2.24) is 0 Å². The Morgan fingerprint density at radius 3 is 2.60 bits per heavy atom. The highest BCUT2D eigenvalue weighted by Gasteiger charge is 1.95. The van der Waals surface area contributed by atoms with Crippen molar-refractivity contribution in [1.29, 1.82) is 0 Å². The number of nitrogens with zero attached hydrogens (tertiary/aromatic N) is 6. The molecule has 0 bridgehead atoms. The van der Waals surface area contributed by atoms with E-state index in [0.717, 1.165) is 0 Å². The second-order valence-electron chi connectivity index (χ2n) is 1.42. The average molecular weight is 138 g/mol. The van der Waals surface area contributed by atoms with E-state index in [2.05, 4.69) is 26.6 Å². The van der Waals surface area contributed by atoms with Crippen molar-refractivity contribution in [3.05, 3.63) is 33.5 Å². The fraction of sp³-hybridized carbons (Fsp3) is 0.500. The Balaban J connectivity index is 3.94. The lowest BCUT2D eigenvalue weighted by molar-refractivity contribution is 0.811. The summed E-state index contributed by atoms with van der Waals surface area (Å²) in [5, 5.41) is 6.48. The van der Waals surface area contributed by atoms with Gasteiger partial charge in [0.25, 0.3) is 0 Å². The molecule has 0 amide bonds. The summed E-state index contributed by atoms with van der Waals surface area (Å²) in [6.45, 7) is 3.51. The van der Waals surface area contributed by atoms with Crippen LogP contribution in [0, 0.1) is 0 Å². The third-order valence-electron chi connectivity index (χ3n) is 0.804. The summed E-state index contributed by atoms with van der Waals surface area (Å²) in [5.41, 5.74) is 15.8. The fourth-order valence-corrected chi connectivity index (χ4v) is 0.345. The van der Waals surface area contributed by atoms with Crippen LogP contribution in [-0.4, -0.2) is 12.6 Å². The van der Waals surface area contributed by atoms with Crippen LogP contribution in [0.1, 0.15) is 0 Å². The lowest BCUT2D eigenvalue weighted by atomic mass is 10.3. The smallest absolute Gasteiger partial charge is 0.0608 e. The van der Waals surface area contributed by atoms with Gasteiger partial charge in [-0.2, -0.15) is 0 Å². The third kappa shape index (κ3) is 3.37. The van der Waals surface area contributed by atoms with Crippen LogP contribution in [-0.2, 0) is 0 Å². The van der Waals surface area contributed by atoms with Crippen LogP contribution in [0.2, 0.25) is 0 Å². The molecule has 0 N–H and O–H groups in total. The standard InChI is InChI=1S/C4H6N6/c1-2-4(8-10-6)3-7-9-5/h2,4H,1,3H2. The van der Waals surface area contributed by atoms with Crippen molar-refractivity contribution >= 4 is 0 Å². The van der Waals surface area contributed by atoms with Gasteiger partial charge in [-0.1, -0.05) is 16.3 Å². The van der Waals surface area contributed by atoms with E-state index in [1.807, 2.05) is 0 Å². The molecule has 6 nitrogen and oxygen atoms in total. The topological polar surface area (TPSA) is 97.5 Å². The Kier molecular flexibility index (Phi) is 4.59. The van der Waals surface area contributed by atoms with E-state index >= 15 is 0 Å². The van der Waals surface area contributed by atoms with Crippen LogP contribution >= 0.6 is 0 Å². The van der Waals surface area contributed by atoms with Gasteiger partial charge in [0, 0.05) is 16.4 Å². The van der Waals surface area contributed by atoms with Crippen molar-refractivity contribution in [2.75, 3.05) is 6.54 Å². The first-order valence-electron chi connectivity index (χ1n) is 2.52. The summed E-state index contributed by atoms with van der Waals surface area (Å²) in [4.78, 5) is 5.03. The summed E-state index contributed by atoms with van der Waals surface area (Å²) in [6, 6.07) is -0.430. The molecule has 0 saturated carbocycles. The summed E-state index contributed by atoms with van der Waals surface area (Å²) in [7, 11) is 0. The largest absolute Gasteiger partial charge is 0.103 e. The molecule has 0 aromatic rings. The van der Waals surface area contributed by atoms with Crippen LogP contribution in [0.4, 0.5) is 0 Å². The van der Waals surface area contributed by atoms with Crippen molar-refractivity contribution in [2.24, 2.45) is 10.2 Å². The maximum absolute atomic E-state index is 7.94. The van der Waals surface area contributed by atoms with E-state index in [1.165, 1.54) is 6.08 Å². The van der Waals surface area contributed by atoms with Gasteiger partial charge >= 0.3 is 0 Å². The highest BCUT2D eigenvalue weighted by Crippen LogP contribution is 1.93. The summed E-state index contributed by atoms with van der Waals surface area (Å²) >= 11 is 0. The van der Waals surface area contributed by atoms with Crippen LogP contribution in [0.3, 0.4) is 0 Å². The average Bonchev–Trinajstić information content (AvgIpc) is 1.98. The molecule has 0 fully saturated rings. The Labute approximate surface area is 57.4 Å². The Hall–Kier alpha value is -1.64. The fourth-order valence-electron chi connectivity index (χ4n) is 0.345. The second kappa shape index (κ2) is 5.50. The molecule has 0 spiro atoms. The zero-order chi connectivity index (χ0) is 7.82. The Bertz CT molecular complexity index is 196. The van der Waals surface area contributed by atoms with Gasteiger partial charge in [0.1, 0.15) is 0 Å². The number of rotatable bonds is 4. The maximum Gasteiger partial charge on any atom is 0.0608 e. The SMILES string of the molecule is C=CC(CN=[N+]=[N-])N=[N+]=[N-]. The molecule has 0 aliphatic carbocycles. The predicted octanol–water partition coefficient (Wildman–Crippen LogP) is 2.16. The molecule has 6 heteroatoms. The molecule has 52 valence electrons. The Morgan fingerprint density at radius 1 is 1.50 bits per heavy atom. The van der Waals surface area contributed by atoms with Gasteiger partial charge < -0.3 is 0 Å². The highest BCUT2D eigenvalue weighted by atomic mass is 15.2. The Morgan fingerprint density at radius 2 is 2.20 bits per heavy atom. The van der Waals surface area contributed by atoms with Gasteiger partial charge in [0.2, 0.25) is 0 Å². The van der Waals surface area contributed by atoms with E-state index in [1.54, 1.807) is 0 Å². The van der Waals surface area contributed by atoms with Crippen LogP contribution in [0.5, 0.6) is 0 Å². The molecule has 0 rings (SSSR count). The van der Waals surface area contributed by atoms with Gasteiger partial charge in [-0.15, -0.1) is 6.58 Å². The van der Waals surface area contributed by atoms with Crippen molar-refractivity contribution in [3.63, 3.8) is 0 Å². The minimum Gasteiger partial charge on any atom is -0.103 e. The molecular weight excluding hydrogens is 132 g/mol. The first-order chi connectivity index (χ1) is 4.85. The summed E-state index contributed by atoms with van der Waals surface area (Å²) in [5.74, 6) is 0.